The van der Waals surface area contributed by atoms with Crippen LogP contribution in [0.15, 0.2) is 28.9 Å². The van der Waals surface area contributed by atoms with Crippen molar-refractivity contribution in [1.82, 2.24) is 9.97 Å². The summed E-state index contributed by atoms with van der Waals surface area (Å²) < 4.78 is 10.4. The Labute approximate surface area is 106 Å². The number of aromatic nitrogens is 2. The number of hydrogen-bond acceptors (Lipinski definition) is 5. The van der Waals surface area contributed by atoms with Gasteiger partial charge in [0.05, 0.1) is 19.9 Å². The highest BCUT2D eigenvalue weighted by molar-refractivity contribution is 5.38. The number of nitrogens with zero attached hydrogens (tertiary/aromatic N) is 2. The molecule has 0 fully saturated rings. The number of nitrogens with one attached hydrogen (secondary N) is 1. The second-order valence-corrected chi connectivity index (χ2v) is 3.89. The number of hydrogen-bond donors (Lipinski definition) is 1. The maximum atomic E-state index is 5.25. The molecule has 0 saturated heterocycles. The summed E-state index contributed by atoms with van der Waals surface area (Å²) in [6.07, 6.45) is 3.50. The number of methoxy groups -OCH3 is 1. The largest absolute Gasteiger partial charge is 0.481 e. The highest BCUT2D eigenvalue weighted by Gasteiger charge is 2.05. The summed E-state index contributed by atoms with van der Waals surface area (Å²) in [7, 11) is 1.61. The standard InChI is InChI=1S/C13H17N3O2/c1-3-5-11-15-12(8-13(16-11)17-2)14-9-10-6-4-7-18-10/h4,6-8H,3,5,9H2,1-2H3,(H,14,15,16). The molecule has 5 nitrogen and oxygen atoms in total. The molecule has 0 bridgehead atoms. The Morgan fingerprint density at radius 1 is 1.39 bits per heavy atom. The minimum Gasteiger partial charge on any atom is -0.481 e. The van der Waals surface area contributed by atoms with Gasteiger partial charge in [0.1, 0.15) is 17.4 Å². The summed E-state index contributed by atoms with van der Waals surface area (Å²) in [4.78, 5) is 8.72. The molecule has 0 aliphatic heterocycles. The van der Waals surface area contributed by atoms with E-state index in [1.807, 2.05) is 12.1 Å². The van der Waals surface area contributed by atoms with Gasteiger partial charge in [-0.25, -0.2) is 4.98 Å². The average molecular weight is 247 g/mol. The Morgan fingerprint density at radius 3 is 2.94 bits per heavy atom. The lowest BCUT2D eigenvalue weighted by Crippen LogP contribution is -2.05. The van der Waals surface area contributed by atoms with Gasteiger partial charge in [0.2, 0.25) is 5.88 Å². The molecule has 0 radical (unpaired) electrons. The van der Waals surface area contributed by atoms with Crippen LogP contribution in [0, 0.1) is 0 Å². The van der Waals surface area contributed by atoms with Crippen molar-refractivity contribution in [2.75, 3.05) is 12.4 Å². The van der Waals surface area contributed by atoms with Gasteiger partial charge >= 0.3 is 0 Å². The molecule has 0 aliphatic carbocycles. The predicted octanol–water partition coefficient (Wildman–Crippen LogP) is 2.64. The van der Waals surface area contributed by atoms with Crippen LogP contribution in [0.2, 0.25) is 0 Å². The van der Waals surface area contributed by atoms with E-state index in [4.69, 9.17) is 9.15 Å². The van der Waals surface area contributed by atoms with E-state index in [1.54, 1.807) is 19.4 Å². The van der Waals surface area contributed by atoms with Gasteiger partial charge in [-0.3, -0.25) is 0 Å². The number of aryl methyl sites for hydroxylation is 1. The van der Waals surface area contributed by atoms with Crippen LogP contribution >= 0.6 is 0 Å². The Kier molecular flexibility index (Phi) is 4.17. The van der Waals surface area contributed by atoms with Crippen LogP contribution in [0.5, 0.6) is 5.88 Å². The lowest BCUT2D eigenvalue weighted by atomic mass is 10.3. The zero-order valence-electron chi connectivity index (χ0n) is 10.6. The quantitative estimate of drug-likeness (QED) is 0.850. The van der Waals surface area contributed by atoms with Crippen molar-refractivity contribution in [1.29, 1.82) is 0 Å². The summed E-state index contributed by atoms with van der Waals surface area (Å²) in [6, 6.07) is 5.56. The zero-order chi connectivity index (χ0) is 12.8. The minimum absolute atomic E-state index is 0.579. The summed E-state index contributed by atoms with van der Waals surface area (Å²) >= 11 is 0. The number of ether oxygens (including phenoxy) is 1. The van der Waals surface area contributed by atoms with E-state index < -0.39 is 0 Å². The second kappa shape index (κ2) is 6.05. The van der Waals surface area contributed by atoms with Gasteiger partial charge in [-0.1, -0.05) is 6.92 Å². The van der Waals surface area contributed by atoms with Crippen LogP contribution in [0.4, 0.5) is 5.82 Å². The van der Waals surface area contributed by atoms with Crippen molar-refractivity contribution < 1.29 is 9.15 Å². The van der Waals surface area contributed by atoms with E-state index in [1.165, 1.54) is 0 Å². The summed E-state index contributed by atoms with van der Waals surface area (Å²) in [5, 5.41) is 3.20. The summed E-state index contributed by atoms with van der Waals surface area (Å²) in [5.41, 5.74) is 0. The molecular weight excluding hydrogens is 230 g/mol. The Balaban J connectivity index is 2.08. The normalized spacial score (nSPS) is 10.3. The minimum atomic E-state index is 0.579. The first-order valence-corrected chi connectivity index (χ1v) is 6.00. The van der Waals surface area contributed by atoms with Crippen molar-refractivity contribution in [2.24, 2.45) is 0 Å². The molecule has 0 atom stereocenters. The van der Waals surface area contributed by atoms with Crippen molar-refractivity contribution in [2.45, 2.75) is 26.3 Å². The van der Waals surface area contributed by atoms with Crippen LogP contribution in [-0.2, 0) is 13.0 Å². The van der Waals surface area contributed by atoms with E-state index >= 15 is 0 Å². The van der Waals surface area contributed by atoms with Crippen molar-refractivity contribution in [3.8, 4) is 5.88 Å². The van der Waals surface area contributed by atoms with E-state index in [0.717, 1.165) is 30.2 Å². The predicted molar refractivity (Wildman–Crippen MR) is 68.6 cm³/mol. The topological polar surface area (TPSA) is 60.2 Å². The molecule has 18 heavy (non-hydrogen) atoms. The van der Waals surface area contributed by atoms with Crippen molar-refractivity contribution in [3.05, 3.63) is 36.0 Å². The van der Waals surface area contributed by atoms with Gasteiger partial charge in [-0.2, -0.15) is 4.98 Å². The third kappa shape index (κ3) is 3.23. The Morgan fingerprint density at radius 2 is 2.28 bits per heavy atom. The number of furan rings is 1. The van der Waals surface area contributed by atoms with E-state index in [0.29, 0.717) is 12.4 Å². The first-order valence-electron chi connectivity index (χ1n) is 6.00. The third-order valence-electron chi connectivity index (χ3n) is 2.46. The fraction of sp³-hybridized carbons (Fsp3) is 0.385. The molecule has 0 unspecified atom stereocenters. The van der Waals surface area contributed by atoms with Gasteiger partial charge in [0.25, 0.3) is 0 Å². The molecule has 0 amide bonds. The summed E-state index contributed by atoms with van der Waals surface area (Å²) in [6.45, 7) is 2.69. The van der Waals surface area contributed by atoms with Crippen LogP contribution in [-0.4, -0.2) is 17.1 Å². The maximum Gasteiger partial charge on any atom is 0.218 e. The SMILES string of the molecule is CCCc1nc(NCc2ccco2)cc(OC)n1. The van der Waals surface area contributed by atoms with Gasteiger partial charge in [-0.15, -0.1) is 0 Å². The van der Waals surface area contributed by atoms with Crippen LogP contribution in [0.25, 0.3) is 0 Å². The molecular formula is C13H17N3O2. The van der Waals surface area contributed by atoms with Gasteiger partial charge in [0.15, 0.2) is 0 Å². The molecule has 5 heteroatoms. The highest BCUT2D eigenvalue weighted by Crippen LogP contribution is 2.15. The number of anilines is 1. The maximum absolute atomic E-state index is 5.25. The lowest BCUT2D eigenvalue weighted by molar-refractivity contribution is 0.395. The summed E-state index contributed by atoms with van der Waals surface area (Å²) in [5.74, 6) is 2.99. The Bertz CT molecular complexity index is 483. The van der Waals surface area contributed by atoms with Crippen molar-refractivity contribution in [3.63, 3.8) is 0 Å². The van der Waals surface area contributed by atoms with Crippen LogP contribution < -0.4 is 10.1 Å². The Hall–Kier alpha value is -2.04. The number of rotatable bonds is 6. The van der Waals surface area contributed by atoms with E-state index in [9.17, 15) is 0 Å². The lowest BCUT2D eigenvalue weighted by Gasteiger charge is -2.08. The van der Waals surface area contributed by atoms with Crippen LogP contribution in [0.1, 0.15) is 24.9 Å². The second-order valence-electron chi connectivity index (χ2n) is 3.89. The smallest absolute Gasteiger partial charge is 0.218 e. The molecule has 0 saturated carbocycles. The molecule has 0 aromatic carbocycles. The van der Waals surface area contributed by atoms with E-state index in [2.05, 4.69) is 22.2 Å². The van der Waals surface area contributed by atoms with Crippen LogP contribution in [0.3, 0.4) is 0 Å². The van der Waals surface area contributed by atoms with Gasteiger partial charge < -0.3 is 14.5 Å². The molecule has 2 heterocycles. The average Bonchev–Trinajstić information content (AvgIpc) is 2.89. The molecule has 2 aromatic heterocycles. The fourth-order valence-corrected chi connectivity index (χ4v) is 1.59. The molecule has 0 aliphatic rings. The molecule has 96 valence electrons. The first-order chi connectivity index (χ1) is 8.81. The van der Waals surface area contributed by atoms with Gasteiger partial charge in [-0.05, 0) is 18.6 Å². The van der Waals surface area contributed by atoms with Gasteiger partial charge in [0, 0.05) is 12.5 Å². The molecule has 2 rings (SSSR count). The van der Waals surface area contributed by atoms with Crippen molar-refractivity contribution >= 4 is 5.82 Å². The molecule has 0 spiro atoms. The molecule has 2 aromatic rings. The first kappa shape index (κ1) is 12.4. The third-order valence-corrected chi connectivity index (χ3v) is 2.46. The fourth-order valence-electron chi connectivity index (χ4n) is 1.59. The molecule has 1 N–H and O–H groups in total. The zero-order valence-corrected chi connectivity index (χ0v) is 10.6. The van der Waals surface area contributed by atoms with E-state index in [-0.39, 0.29) is 0 Å². The highest BCUT2D eigenvalue weighted by atomic mass is 16.5. The monoisotopic (exact) mass is 247 g/mol.